The first kappa shape index (κ1) is 13.9. The van der Waals surface area contributed by atoms with Crippen LogP contribution >= 0.6 is 0 Å². The topological polar surface area (TPSA) is 42.4 Å². The molecule has 7 heteroatoms. The van der Waals surface area contributed by atoms with Crippen LogP contribution in [0.2, 0.25) is 0 Å². The lowest BCUT2D eigenvalue weighted by Crippen LogP contribution is -2.18. The molecule has 0 aromatic carbocycles. The van der Waals surface area contributed by atoms with Crippen LogP contribution < -0.4 is 0 Å². The van der Waals surface area contributed by atoms with Gasteiger partial charge in [-0.1, -0.05) is 0 Å². The molecule has 0 saturated heterocycles. The first-order chi connectivity index (χ1) is 7.90. The van der Waals surface area contributed by atoms with Crippen LogP contribution in [0.1, 0.15) is 18.1 Å². The highest BCUT2D eigenvalue weighted by molar-refractivity contribution is 5.15. The molecule has 1 aromatic rings. The van der Waals surface area contributed by atoms with Crippen molar-refractivity contribution in [3.05, 3.63) is 29.8 Å². The van der Waals surface area contributed by atoms with Gasteiger partial charge in [0.15, 0.2) is 0 Å². The van der Waals surface area contributed by atoms with Crippen molar-refractivity contribution in [1.29, 1.82) is 0 Å². The average molecular weight is 253 g/mol. The predicted octanol–water partition coefficient (Wildman–Crippen LogP) is 2.22. The highest BCUT2D eigenvalue weighted by atomic mass is 19.4. The van der Waals surface area contributed by atoms with E-state index in [1.54, 1.807) is 0 Å². The molecule has 3 nitrogen and oxygen atoms in total. The van der Waals surface area contributed by atoms with Crippen molar-refractivity contribution in [2.24, 2.45) is 0 Å². The van der Waals surface area contributed by atoms with Crippen molar-refractivity contribution in [2.75, 3.05) is 13.2 Å². The fourth-order valence-electron chi connectivity index (χ4n) is 1.19. The van der Waals surface area contributed by atoms with Gasteiger partial charge in [-0.3, -0.25) is 4.98 Å². The fourth-order valence-corrected chi connectivity index (χ4v) is 1.19. The third-order valence-corrected chi connectivity index (χ3v) is 1.96. The van der Waals surface area contributed by atoms with Crippen molar-refractivity contribution < 1.29 is 27.4 Å². The number of ether oxygens (including phenoxy) is 1. The quantitative estimate of drug-likeness (QED) is 0.646. The highest BCUT2D eigenvalue weighted by Crippen LogP contribution is 2.20. The number of hydrogen-bond acceptors (Lipinski definition) is 3. The van der Waals surface area contributed by atoms with Crippen molar-refractivity contribution >= 4 is 0 Å². The molecule has 0 aliphatic rings. The van der Waals surface area contributed by atoms with E-state index in [2.05, 4.69) is 9.72 Å². The van der Waals surface area contributed by atoms with Gasteiger partial charge in [0.25, 0.3) is 0 Å². The lowest BCUT2D eigenvalue weighted by atomic mass is 10.1. The Morgan fingerprint density at radius 1 is 1.41 bits per heavy atom. The minimum Gasteiger partial charge on any atom is -0.388 e. The fraction of sp³-hybridized carbons (Fsp3) is 0.500. The number of rotatable bonds is 5. The van der Waals surface area contributed by atoms with Gasteiger partial charge >= 0.3 is 6.18 Å². The number of aromatic nitrogens is 1. The van der Waals surface area contributed by atoms with E-state index in [9.17, 15) is 22.7 Å². The van der Waals surface area contributed by atoms with Gasteiger partial charge in [-0.15, -0.1) is 0 Å². The Balaban J connectivity index is 2.36. The third kappa shape index (κ3) is 5.10. The minimum atomic E-state index is -4.40. The molecular formula is C10H11F4NO2. The summed E-state index contributed by atoms with van der Waals surface area (Å²) >= 11 is 0. The molecule has 17 heavy (non-hydrogen) atoms. The molecule has 1 aromatic heterocycles. The van der Waals surface area contributed by atoms with Gasteiger partial charge < -0.3 is 9.84 Å². The number of pyridine rings is 1. The molecule has 0 aliphatic heterocycles. The Morgan fingerprint density at radius 2 is 2.12 bits per heavy atom. The van der Waals surface area contributed by atoms with Gasteiger partial charge in [-0.25, -0.2) is 4.39 Å². The normalized spacial score (nSPS) is 13.7. The molecule has 0 amide bonds. The maximum absolute atomic E-state index is 13.1. The Morgan fingerprint density at radius 3 is 2.71 bits per heavy atom. The molecule has 0 saturated carbocycles. The lowest BCUT2D eigenvalue weighted by Gasteiger charge is -2.12. The van der Waals surface area contributed by atoms with Gasteiger partial charge in [-0.05, 0) is 6.07 Å². The molecule has 0 bridgehead atoms. The number of aliphatic hydroxyl groups excluding tert-OH is 1. The van der Waals surface area contributed by atoms with Crippen LogP contribution in [-0.4, -0.2) is 29.5 Å². The zero-order chi connectivity index (χ0) is 12.9. The maximum Gasteiger partial charge on any atom is 0.411 e. The van der Waals surface area contributed by atoms with Gasteiger partial charge in [0.2, 0.25) is 0 Å². The third-order valence-electron chi connectivity index (χ3n) is 1.96. The van der Waals surface area contributed by atoms with Gasteiger partial charge in [0.1, 0.15) is 12.4 Å². The van der Waals surface area contributed by atoms with E-state index in [1.165, 1.54) is 12.3 Å². The molecule has 1 rings (SSSR count). The second-order valence-electron chi connectivity index (χ2n) is 3.37. The summed E-state index contributed by atoms with van der Waals surface area (Å²) < 4.78 is 52.5. The van der Waals surface area contributed by atoms with E-state index >= 15 is 0 Å². The molecule has 0 radical (unpaired) electrons. The van der Waals surface area contributed by atoms with E-state index in [0.717, 1.165) is 6.20 Å². The van der Waals surface area contributed by atoms with Crippen LogP contribution in [0.15, 0.2) is 18.5 Å². The molecule has 1 N–H and O–H groups in total. The zero-order valence-corrected chi connectivity index (χ0v) is 8.75. The van der Waals surface area contributed by atoms with E-state index in [4.69, 9.17) is 0 Å². The summed E-state index contributed by atoms with van der Waals surface area (Å²) in [6.45, 7) is -1.68. The Hall–Kier alpha value is -1.21. The summed E-state index contributed by atoms with van der Waals surface area (Å²) in [5.74, 6) is -0.698. The number of aliphatic hydroxyl groups is 1. The van der Waals surface area contributed by atoms with Crippen LogP contribution in [0.25, 0.3) is 0 Å². The first-order valence-corrected chi connectivity index (χ1v) is 4.82. The van der Waals surface area contributed by atoms with Crippen LogP contribution in [0, 0.1) is 5.82 Å². The van der Waals surface area contributed by atoms with E-state index < -0.39 is 24.7 Å². The largest absolute Gasteiger partial charge is 0.411 e. The summed E-state index contributed by atoms with van der Waals surface area (Å²) in [6.07, 6.45) is -3.50. The first-order valence-electron chi connectivity index (χ1n) is 4.82. The second kappa shape index (κ2) is 5.92. The SMILES string of the molecule is OC(CCOCC(F)(F)F)c1ccncc1F. The zero-order valence-electron chi connectivity index (χ0n) is 8.75. The number of halogens is 4. The average Bonchev–Trinajstić information content (AvgIpc) is 2.23. The van der Waals surface area contributed by atoms with Gasteiger partial charge in [0, 0.05) is 24.8 Å². The van der Waals surface area contributed by atoms with Gasteiger partial charge in [-0.2, -0.15) is 13.2 Å². The lowest BCUT2D eigenvalue weighted by molar-refractivity contribution is -0.175. The maximum atomic E-state index is 13.1. The molecule has 96 valence electrons. The smallest absolute Gasteiger partial charge is 0.388 e. The minimum absolute atomic E-state index is 0.00407. The van der Waals surface area contributed by atoms with Crippen molar-refractivity contribution in [3.63, 3.8) is 0 Å². The number of alkyl halides is 3. The molecule has 0 fully saturated rings. The highest BCUT2D eigenvalue weighted by Gasteiger charge is 2.27. The van der Waals surface area contributed by atoms with Crippen LogP contribution in [0.3, 0.4) is 0 Å². The molecule has 1 unspecified atom stereocenters. The standard InChI is InChI=1S/C10H11F4NO2/c11-8-5-15-3-1-7(8)9(16)2-4-17-6-10(12,13)14/h1,3,5,9,16H,2,4,6H2. The van der Waals surface area contributed by atoms with Crippen molar-refractivity contribution in [1.82, 2.24) is 4.98 Å². The summed E-state index contributed by atoms with van der Waals surface area (Å²) in [6, 6.07) is 1.27. The Kier molecular flexibility index (Phi) is 4.83. The van der Waals surface area contributed by atoms with Crippen molar-refractivity contribution in [2.45, 2.75) is 18.7 Å². The van der Waals surface area contributed by atoms with Crippen LogP contribution in [-0.2, 0) is 4.74 Å². The van der Waals surface area contributed by atoms with E-state index in [0.29, 0.717) is 0 Å². The summed E-state index contributed by atoms with van der Waals surface area (Å²) in [7, 11) is 0. The predicted molar refractivity (Wildman–Crippen MR) is 50.6 cm³/mol. The molecule has 0 spiro atoms. The Labute approximate surface area is 95.0 Å². The molecule has 0 aliphatic carbocycles. The van der Waals surface area contributed by atoms with E-state index in [1.807, 2.05) is 0 Å². The molecule has 1 heterocycles. The number of hydrogen-bond donors (Lipinski definition) is 1. The monoisotopic (exact) mass is 253 g/mol. The number of nitrogens with zero attached hydrogens (tertiary/aromatic N) is 1. The molecular weight excluding hydrogens is 242 g/mol. The van der Waals surface area contributed by atoms with Crippen molar-refractivity contribution in [3.8, 4) is 0 Å². The second-order valence-corrected chi connectivity index (χ2v) is 3.37. The summed E-state index contributed by atoms with van der Waals surface area (Å²) in [5, 5.41) is 9.50. The summed E-state index contributed by atoms with van der Waals surface area (Å²) in [4.78, 5) is 3.49. The van der Waals surface area contributed by atoms with Gasteiger partial charge in [0.05, 0.1) is 12.3 Å². The molecule has 1 atom stereocenters. The van der Waals surface area contributed by atoms with E-state index in [-0.39, 0.29) is 18.6 Å². The summed E-state index contributed by atoms with van der Waals surface area (Å²) in [5.41, 5.74) is -0.00407. The van der Waals surface area contributed by atoms with Crippen LogP contribution in [0.5, 0.6) is 0 Å². The van der Waals surface area contributed by atoms with Crippen LogP contribution in [0.4, 0.5) is 17.6 Å². The Bertz CT molecular complexity index is 356.